The van der Waals surface area contributed by atoms with Gasteiger partial charge in [-0.1, -0.05) is 11.6 Å². The molecule has 100 valence electrons. The van der Waals surface area contributed by atoms with Gasteiger partial charge in [-0.2, -0.15) is 0 Å². The third-order valence-corrected chi connectivity index (χ3v) is 3.13. The highest BCUT2D eigenvalue weighted by Gasteiger charge is 2.27. The number of nitrogens with zero attached hydrogens (tertiary/aromatic N) is 1. The van der Waals surface area contributed by atoms with Crippen LogP contribution in [0.2, 0.25) is 5.15 Å². The first-order valence-electron chi connectivity index (χ1n) is 5.50. The van der Waals surface area contributed by atoms with Gasteiger partial charge in [-0.3, -0.25) is 4.79 Å². The van der Waals surface area contributed by atoms with E-state index in [0.29, 0.717) is 11.3 Å². The van der Waals surface area contributed by atoms with Gasteiger partial charge < -0.3 is 14.4 Å². The van der Waals surface area contributed by atoms with Gasteiger partial charge in [0.2, 0.25) is 0 Å². The lowest BCUT2D eigenvalue weighted by molar-refractivity contribution is -0.136. The third kappa shape index (κ3) is 2.51. The molecule has 1 heterocycles. The van der Waals surface area contributed by atoms with Crippen molar-refractivity contribution in [2.45, 2.75) is 33.2 Å². The second-order valence-electron chi connectivity index (χ2n) is 4.26. The van der Waals surface area contributed by atoms with Gasteiger partial charge in [-0.05, 0) is 20.8 Å². The van der Waals surface area contributed by atoms with E-state index in [2.05, 4.69) is 4.74 Å². The van der Waals surface area contributed by atoms with E-state index in [0.717, 1.165) is 0 Å². The lowest BCUT2D eigenvalue weighted by Crippen LogP contribution is -2.09. The maximum Gasteiger partial charge on any atom is 0.340 e. The van der Waals surface area contributed by atoms with Crippen LogP contribution in [-0.4, -0.2) is 28.7 Å². The molecular weight excluding hydrogens is 258 g/mol. The fourth-order valence-electron chi connectivity index (χ4n) is 2.03. The Balaban J connectivity index is 3.50. The van der Waals surface area contributed by atoms with Crippen LogP contribution in [0.25, 0.3) is 0 Å². The zero-order valence-electron chi connectivity index (χ0n) is 10.8. The smallest absolute Gasteiger partial charge is 0.340 e. The summed E-state index contributed by atoms with van der Waals surface area (Å²) in [5.41, 5.74) is 1.18. The van der Waals surface area contributed by atoms with E-state index in [4.69, 9.17) is 16.7 Å². The van der Waals surface area contributed by atoms with Gasteiger partial charge in [0, 0.05) is 17.3 Å². The lowest BCUT2D eigenvalue weighted by atomic mass is 10.1. The first-order valence-corrected chi connectivity index (χ1v) is 5.88. The van der Waals surface area contributed by atoms with Crippen LogP contribution in [0.15, 0.2) is 0 Å². The fourth-order valence-corrected chi connectivity index (χ4v) is 2.52. The molecule has 1 aromatic rings. The highest BCUT2D eigenvalue weighted by atomic mass is 35.5. The molecule has 0 unspecified atom stereocenters. The molecule has 0 aromatic carbocycles. The van der Waals surface area contributed by atoms with E-state index >= 15 is 0 Å². The number of aliphatic carboxylic acids is 1. The van der Waals surface area contributed by atoms with E-state index in [1.54, 1.807) is 11.5 Å². The molecule has 18 heavy (non-hydrogen) atoms. The number of methoxy groups -OCH3 is 1. The van der Waals surface area contributed by atoms with Gasteiger partial charge in [0.15, 0.2) is 0 Å². The summed E-state index contributed by atoms with van der Waals surface area (Å²) in [7, 11) is 1.26. The van der Waals surface area contributed by atoms with Crippen molar-refractivity contribution in [2.75, 3.05) is 7.11 Å². The quantitative estimate of drug-likeness (QED) is 0.856. The molecule has 0 aliphatic rings. The third-order valence-electron chi connectivity index (χ3n) is 2.72. The van der Waals surface area contributed by atoms with Crippen LogP contribution in [0.1, 0.15) is 41.5 Å². The van der Waals surface area contributed by atoms with Crippen LogP contribution in [0.5, 0.6) is 0 Å². The van der Waals surface area contributed by atoms with Crippen molar-refractivity contribution in [3.05, 3.63) is 22.0 Å². The van der Waals surface area contributed by atoms with E-state index in [1.807, 2.05) is 13.8 Å². The molecule has 0 amide bonds. The van der Waals surface area contributed by atoms with Crippen molar-refractivity contribution in [1.82, 2.24) is 4.57 Å². The molecule has 0 fully saturated rings. The Morgan fingerprint density at radius 1 is 1.44 bits per heavy atom. The van der Waals surface area contributed by atoms with Gasteiger partial charge >= 0.3 is 11.9 Å². The summed E-state index contributed by atoms with van der Waals surface area (Å²) >= 11 is 6.17. The number of carbonyl (C=O) groups is 2. The maximum absolute atomic E-state index is 11.7. The number of ether oxygens (including phenoxy) is 1. The minimum absolute atomic E-state index is 0.0310. The number of esters is 1. The molecule has 1 rings (SSSR count). The highest BCUT2D eigenvalue weighted by Crippen LogP contribution is 2.31. The Morgan fingerprint density at radius 3 is 2.39 bits per heavy atom. The first-order chi connectivity index (χ1) is 8.31. The molecule has 0 radical (unpaired) electrons. The van der Waals surface area contributed by atoms with Crippen LogP contribution in [0.4, 0.5) is 0 Å². The van der Waals surface area contributed by atoms with E-state index in [9.17, 15) is 9.59 Å². The Bertz CT molecular complexity index is 491. The second kappa shape index (κ2) is 5.44. The Kier molecular flexibility index (Phi) is 4.40. The number of carboxylic acids is 1. The molecule has 0 atom stereocenters. The largest absolute Gasteiger partial charge is 0.481 e. The number of rotatable bonds is 4. The molecule has 5 nitrogen and oxygen atoms in total. The summed E-state index contributed by atoms with van der Waals surface area (Å²) in [6.07, 6.45) is -0.302. The van der Waals surface area contributed by atoms with E-state index in [-0.39, 0.29) is 23.2 Å². The second-order valence-corrected chi connectivity index (χ2v) is 4.61. The van der Waals surface area contributed by atoms with Crippen molar-refractivity contribution in [2.24, 2.45) is 0 Å². The number of carboxylic acid groups (broad SMARTS) is 1. The summed E-state index contributed by atoms with van der Waals surface area (Å²) in [5, 5.41) is 9.17. The van der Waals surface area contributed by atoms with E-state index < -0.39 is 11.9 Å². The Morgan fingerprint density at radius 2 is 2.00 bits per heavy atom. The van der Waals surface area contributed by atoms with Crippen molar-refractivity contribution < 1.29 is 19.4 Å². The maximum atomic E-state index is 11.7. The first kappa shape index (κ1) is 14.6. The van der Waals surface area contributed by atoms with Crippen molar-refractivity contribution in [3.8, 4) is 0 Å². The number of aromatic nitrogens is 1. The molecule has 1 N–H and O–H groups in total. The average molecular weight is 274 g/mol. The number of carbonyl (C=O) groups excluding carboxylic acids is 1. The molecule has 0 spiro atoms. The predicted molar refractivity (Wildman–Crippen MR) is 67.2 cm³/mol. The summed E-state index contributed by atoms with van der Waals surface area (Å²) in [6, 6.07) is 0.0310. The van der Waals surface area contributed by atoms with Crippen molar-refractivity contribution in [1.29, 1.82) is 0 Å². The normalized spacial score (nSPS) is 10.8. The van der Waals surface area contributed by atoms with Crippen LogP contribution in [0, 0.1) is 6.92 Å². The minimum Gasteiger partial charge on any atom is -0.481 e. The molecular formula is C12H16ClNO4. The van der Waals surface area contributed by atoms with Gasteiger partial charge in [0.05, 0.1) is 19.1 Å². The topological polar surface area (TPSA) is 68.5 Å². The zero-order valence-corrected chi connectivity index (χ0v) is 11.5. The summed E-state index contributed by atoms with van der Waals surface area (Å²) in [4.78, 5) is 22.6. The van der Waals surface area contributed by atoms with Crippen LogP contribution < -0.4 is 0 Å². The molecule has 1 aromatic heterocycles. The van der Waals surface area contributed by atoms with Crippen LogP contribution >= 0.6 is 11.6 Å². The van der Waals surface area contributed by atoms with Gasteiger partial charge in [0.1, 0.15) is 5.15 Å². The SMILES string of the molecule is COC(=O)c1c(CC(=O)O)c(Cl)n(C(C)C)c1C. The summed E-state index contributed by atoms with van der Waals surface area (Å²) in [6.45, 7) is 5.54. The summed E-state index contributed by atoms with van der Waals surface area (Å²) < 4.78 is 6.41. The molecule has 0 bridgehead atoms. The van der Waals surface area contributed by atoms with Gasteiger partial charge in [-0.25, -0.2) is 4.79 Å². The molecule has 0 saturated carbocycles. The predicted octanol–water partition coefficient (Wildman–Crippen LogP) is 2.44. The standard InChI is InChI=1S/C12H16ClNO4/c1-6(2)14-7(3)10(12(17)18-4)8(11(14)13)5-9(15)16/h6H,5H2,1-4H3,(H,15,16). The summed E-state index contributed by atoms with van der Waals surface area (Å²) in [5.74, 6) is -1.60. The van der Waals surface area contributed by atoms with Crippen LogP contribution in [0.3, 0.4) is 0 Å². The minimum atomic E-state index is -1.04. The van der Waals surface area contributed by atoms with E-state index in [1.165, 1.54) is 7.11 Å². The van der Waals surface area contributed by atoms with Crippen molar-refractivity contribution in [3.63, 3.8) is 0 Å². The zero-order chi connectivity index (χ0) is 14.0. The Hall–Kier alpha value is -1.49. The number of hydrogen-bond donors (Lipinski definition) is 1. The van der Waals surface area contributed by atoms with Gasteiger partial charge in [0.25, 0.3) is 0 Å². The molecule has 0 saturated heterocycles. The van der Waals surface area contributed by atoms with Crippen LogP contribution in [-0.2, 0) is 16.0 Å². The average Bonchev–Trinajstić information content (AvgIpc) is 2.49. The monoisotopic (exact) mass is 273 g/mol. The molecule has 6 heteroatoms. The number of hydrogen-bond acceptors (Lipinski definition) is 3. The fraction of sp³-hybridized carbons (Fsp3) is 0.500. The van der Waals surface area contributed by atoms with Gasteiger partial charge in [-0.15, -0.1) is 0 Å². The Labute approximate surface area is 110 Å². The molecule has 0 aliphatic carbocycles. The number of halogens is 1. The highest BCUT2D eigenvalue weighted by molar-refractivity contribution is 6.31. The molecule has 0 aliphatic heterocycles. The lowest BCUT2D eigenvalue weighted by Gasteiger charge is -2.12. The van der Waals surface area contributed by atoms with Crippen molar-refractivity contribution >= 4 is 23.5 Å².